The summed E-state index contributed by atoms with van der Waals surface area (Å²) >= 11 is 0. The Labute approximate surface area is 254 Å². The standard InChI is InChI=1S/C42H24O2/c1-2-10-26-25(9-1)27(29-21-23-35-31-11-3-5-15-37(31)43-39-17-7-13-33(29)41(35)39)19-20-28(26)30-22-24-36-32-12-4-6-16-38(32)44-40-18-8-14-34(30)42(36)40/h1-24H. The van der Waals surface area contributed by atoms with Gasteiger partial charge in [0.05, 0.1) is 0 Å². The fraction of sp³-hybridized carbons (Fsp3) is 0. The summed E-state index contributed by atoms with van der Waals surface area (Å²) in [6.07, 6.45) is 0. The van der Waals surface area contributed by atoms with E-state index in [0.29, 0.717) is 0 Å². The Morgan fingerprint density at radius 1 is 0.227 bits per heavy atom. The van der Waals surface area contributed by atoms with Crippen molar-refractivity contribution >= 4 is 32.3 Å². The van der Waals surface area contributed by atoms with E-state index in [9.17, 15) is 0 Å². The van der Waals surface area contributed by atoms with Crippen molar-refractivity contribution in [3.63, 3.8) is 0 Å². The largest absolute Gasteiger partial charge is 0.456 e. The smallest absolute Gasteiger partial charge is 0.135 e. The molecule has 8 aromatic rings. The van der Waals surface area contributed by atoms with Crippen LogP contribution in [0.4, 0.5) is 0 Å². The second kappa shape index (κ2) is 8.82. The van der Waals surface area contributed by atoms with Crippen molar-refractivity contribution < 1.29 is 9.47 Å². The lowest BCUT2D eigenvalue weighted by atomic mass is 9.85. The molecule has 0 unspecified atom stereocenters. The van der Waals surface area contributed by atoms with Crippen LogP contribution in [0.2, 0.25) is 0 Å². The molecule has 8 aromatic carbocycles. The van der Waals surface area contributed by atoms with E-state index >= 15 is 0 Å². The van der Waals surface area contributed by atoms with Crippen LogP contribution < -0.4 is 9.47 Å². The topological polar surface area (TPSA) is 18.5 Å². The van der Waals surface area contributed by atoms with Crippen LogP contribution in [0.1, 0.15) is 0 Å². The number of rotatable bonds is 2. The number of hydrogen-bond acceptors (Lipinski definition) is 2. The quantitative estimate of drug-likeness (QED) is 0.209. The molecule has 0 N–H and O–H groups in total. The molecule has 0 saturated carbocycles. The van der Waals surface area contributed by atoms with Gasteiger partial charge in [0.2, 0.25) is 0 Å². The molecule has 10 rings (SSSR count). The van der Waals surface area contributed by atoms with Gasteiger partial charge in [0.1, 0.15) is 23.0 Å². The van der Waals surface area contributed by atoms with Gasteiger partial charge in [-0.15, -0.1) is 0 Å². The van der Waals surface area contributed by atoms with E-state index in [4.69, 9.17) is 9.47 Å². The van der Waals surface area contributed by atoms with E-state index in [0.717, 1.165) is 34.1 Å². The highest BCUT2D eigenvalue weighted by Gasteiger charge is 2.24. The molecule has 0 radical (unpaired) electrons. The molecule has 204 valence electrons. The minimum absolute atomic E-state index is 0.907. The number of hydrogen-bond donors (Lipinski definition) is 0. The summed E-state index contributed by atoms with van der Waals surface area (Å²) in [6, 6.07) is 51.8. The number of fused-ring (bicyclic) bond motifs is 5. The second-order valence-electron chi connectivity index (χ2n) is 11.6. The summed E-state index contributed by atoms with van der Waals surface area (Å²) in [7, 11) is 0. The van der Waals surface area contributed by atoms with Crippen LogP contribution in [0.25, 0.3) is 76.8 Å². The molecular formula is C42H24O2. The van der Waals surface area contributed by atoms with Gasteiger partial charge in [0.15, 0.2) is 0 Å². The zero-order chi connectivity index (χ0) is 28.8. The van der Waals surface area contributed by atoms with E-state index < -0.39 is 0 Å². The molecule has 0 aliphatic carbocycles. The Bertz CT molecular complexity index is 2330. The average molecular weight is 561 g/mol. The average Bonchev–Trinajstić information content (AvgIpc) is 3.08. The Balaban J connectivity index is 1.21. The van der Waals surface area contributed by atoms with Crippen LogP contribution in [-0.2, 0) is 0 Å². The third-order valence-corrected chi connectivity index (χ3v) is 9.30. The lowest BCUT2D eigenvalue weighted by Crippen LogP contribution is -1.98. The molecule has 0 bridgehead atoms. The molecule has 0 saturated heterocycles. The summed E-state index contributed by atoms with van der Waals surface area (Å²) < 4.78 is 12.8. The highest BCUT2D eigenvalue weighted by molar-refractivity contribution is 6.17. The van der Waals surface area contributed by atoms with Gasteiger partial charge in [0, 0.05) is 21.9 Å². The highest BCUT2D eigenvalue weighted by Crippen LogP contribution is 2.51. The lowest BCUT2D eigenvalue weighted by Gasteiger charge is -2.23. The van der Waals surface area contributed by atoms with Gasteiger partial charge in [0.25, 0.3) is 0 Å². The van der Waals surface area contributed by atoms with Gasteiger partial charge < -0.3 is 9.47 Å². The van der Waals surface area contributed by atoms with Crippen LogP contribution in [0, 0.1) is 0 Å². The maximum absolute atomic E-state index is 6.39. The first-order valence-electron chi connectivity index (χ1n) is 15.0. The molecule has 0 atom stereocenters. The third kappa shape index (κ3) is 3.20. The van der Waals surface area contributed by atoms with E-state index in [1.807, 2.05) is 24.3 Å². The van der Waals surface area contributed by atoms with Crippen molar-refractivity contribution in [3.05, 3.63) is 146 Å². The predicted octanol–water partition coefficient (Wildman–Crippen LogP) is 12.0. The fourth-order valence-corrected chi connectivity index (χ4v) is 7.40. The molecule has 0 fully saturated rings. The second-order valence-corrected chi connectivity index (χ2v) is 11.6. The normalized spacial score (nSPS) is 12.5. The van der Waals surface area contributed by atoms with Crippen LogP contribution in [0.5, 0.6) is 23.0 Å². The zero-order valence-corrected chi connectivity index (χ0v) is 23.7. The van der Waals surface area contributed by atoms with Gasteiger partial charge in [-0.25, -0.2) is 0 Å². The van der Waals surface area contributed by atoms with Crippen molar-refractivity contribution in [1.29, 1.82) is 0 Å². The van der Waals surface area contributed by atoms with Crippen molar-refractivity contribution in [2.75, 3.05) is 0 Å². The van der Waals surface area contributed by atoms with Gasteiger partial charge in [-0.1, -0.05) is 121 Å². The van der Waals surface area contributed by atoms with E-state index in [1.165, 1.54) is 65.7 Å². The molecule has 44 heavy (non-hydrogen) atoms. The molecule has 2 heteroatoms. The molecule has 2 aliphatic heterocycles. The van der Waals surface area contributed by atoms with E-state index in [-0.39, 0.29) is 0 Å². The zero-order valence-electron chi connectivity index (χ0n) is 23.7. The number of benzene rings is 8. The Kier molecular flexibility index (Phi) is 4.75. The number of para-hydroxylation sites is 2. The monoisotopic (exact) mass is 560 g/mol. The Morgan fingerprint density at radius 2 is 0.568 bits per heavy atom. The van der Waals surface area contributed by atoms with Crippen molar-refractivity contribution in [2.45, 2.75) is 0 Å². The molecule has 2 aliphatic rings. The molecular weight excluding hydrogens is 536 g/mol. The molecule has 0 spiro atoms. The lowest BCUT2D eigenvalue weighted by molar-refractivity contribution is 0.487. The molecule has 0 amide bonds. The van der Waals surface area contributed by atoms with Gasteiger partial charge in [-0.2, -0.15) is 0 Å². The van der Waals surface area contributed by atoms with Crippen LogP contribution >= 0.6 is 0 Å². The van der Waals surface area contributed by atoms with E-state index in [2.05, 4.69) is 121 Å². The molecule has 0 aromatic heterocycles. The molecule has 2 heterocycles. The first kappa shape index (κ1) is 23.7. The SMILES string of the molecule is c1ccc2c(c1)Oc1cccc3c(-c4ccc(-c5ccc6c7c(cccc57)Oc5ccccc5-6)c5ccccc45)ccc-2c13. The van der Waals surface area contributed by atoms with Gasteiger partial charge in [-0.05, 0) is 79.2 Å². The van der Waals surface area contributed by atoms with Crippen molar-refractivity contribution in [1.82, 2.24) is 0 Å². The van der Waals surface area contributed by atoms with Gasteiger partial charge in [-0.3, -0.25) is 0 Å². The Hall–Kier alpha value is -5.86. The van der Waals surface area contributed by atoms with E-state index in [1.54, 1.807) is 0 Å². The summed E-state index contributed by atoms with van der Waals surface area (Å²) in [5, 5.41) is 7.19. The van der Waals surface area contributed by atoms with Crippen molar-refractivity contribution in [3.8, 4) is 67.5 Å². The van der Waals surface area contributed by atoms with Crippen LogP contribution in [0.3, 0.4) is 0 Å². The maximum atomic E-state index is 6.39. The van der Waals surface area contributed by atoms with Crippen LogP contribution in [0.15, 0.2) is 146 Å². The summed E-state index contributed by atoms with van der Waals surface area (Å²) in [6.45, 7) is 0. The van der Waals surface area contributed by atoms with Crippen molar-refractivity contribution in [2.24, 2.45) is 0 Å². The predicted molar refractivity (Wildman–Crippen MR) is 181 cm³/mol. The Morgan fingerprint density at radius 3 is 1.05 bits per heavy atom. The minimum atomic E-state index is 0.907. The molecule has 2 nitrogen and oxygen atoms in total. The highest BCUT2D eigenvalue weighted by atomic mass is 16.5. The van der Waals surface area contributed by atoms with Crippen LogP contribution in [-0.4, -0.2) is 0 Å². The summed E-state index contributed by atoms with van der Waals surface area (Å²) in [5.74, 6) is 3.63. The maximum Gasteiger partial charge on any atom is 0.135 e. The minimum Gasteiger partial charge on any atom is -0.456 e. The third-order valence-electron chi connectivity index (χ3n) is 9.30. The fourth-order valence-electron chi connectivity index (χ4n) is 7.40. The summed E-state index contributed by atoms with van der Waals surface area (Å²) in [4.78, 5) is 0. The van der Waals surface area contributed by atoms with Gasteiger partial charge >= 0.3 is 0 Å². The first-order chi connectivity index (χ1) is 21.8. The summed E-state index contributed by atoms with van der Waals surface area (Å²) in [5.41, 5.74) is 9.55. The number of ether oxygens (including phenoxy) is 2. The first-order valence-corrected chi connectivity index (χ1v) is 15.0.